The topological polar surface area (TPSA) is 24.9 Å². The molecule has 1 fully saturated rings. The highest BCUT2D eigenvalue weighted by Gasteiger charge is 2.32. The Morgan fingerprint density at radius 1 is 1.30 bits per heavy atom. The first-order chi connectivity index (χ1) is 9.40. The van der Waals surface area contributed by atoms with Gasteiger partial charge in [0.25, 0.3) is 0 Å². The van der Waals surface area contributed by atoms with Gasteiger partial charge in [0.15, 0.2) is 0 Å². The van der Waals surface area contributed by atoms with E-state index in [0.29, 0.717) is 11.5 Å². The van der Waals surface area contributed by atoms with Crippen LogP contribution in [-0.2, 0) is 6.42 Å². The molecule has 1 aliphatic carbocycles. The third-order valence-electron chi connectivity index (χ3n) is 5.00. The van der Waals surface area contributed by atoms with Gasteiger partial charge in [-0.2, -0.15) is 0 Å². The van der Waals surface area contributed by atoms with Crippen LogP contribution in [0.3, 0.4) is 0 Å². The molecule has 2 rings (SSSR count). The first kappa shape index (κ1) is 16.0. The van der Waals surface area contributed by atoms with Crippen molar-refractivity contribution in [2.24, 2.45) is 17.3 Å². The first-order valence-corrected chi connectivity index (χ1v) is 8.86. The van der Waals surface area contributed by atoms with E-state index in [1.54, 1.807) is 0 Å². The third kappa shape index (κ3) is 4.05. The fourth-order valence-corrected chi connectivity index (χ4v) is 4.41. The summed E-state index contributed by atoms with van der Waals surface area (Å²) in [5.74, 6) is 1.72. The molecule has 1 heterocycles. The standard InChI is InChI=1S/C17H30N2S/c1-12-11-20-16(19-12)10-15(18-5)13-6-8-14(9-7-13)17(2,3)4/h11,13-15,18H,6-10H2,1-5H3. The quantitative estimate of drug-likeness (QED) is 0.888. The van der Waals surface area contributed by atoms with Crippen LogP contribution in [0.2, 0.25) is 0 Å². The fourth-order valence-electron chi connectivity index (χ4n) is 3.58. The Labute approximate surface area is 128 Å². The predicted octanol–water partition coefficient (Wildman–Crippen LogP) is 4.43. The van der Waals surface area contributed by atoms with Crippen molar-refractivity contribution in [2.45, 2.75) is 65.8 Å². The number of thiazole rings is 1. The number of nitrogens with zero attached hydrogens (tertiary/aromatic N) is 1. The van der Waals surface area contributed by atoms with E-state index in [1.165, 1.54) is 30.7 Å². The van der Waals surface area contributed by atoms with Crippen molar-refractivity contribution in [3.05, 3.63) is 16.1 Å². The van der Waals surface area contributed by atoms with Gasteiger partial charge in [-0.25, -0.2) is 4.98 Å². The van der Waals surface area contributed by atoms with E-state index in [-0.39, 0.29) is 0 Å². The fraction of sp³-hybridized carbons (Fsp3) is 0.824. The van der Waals surface area contributed by atoms with Crippen molar-refractivity contribution in [3.8, 4) is 0 Å². The summed E-state index contributed by atoms with van der Waals surface area (Å²) in [7, 11) is 2.11. The zero-order chi connectivity index (χ0) is 14.8. The zero-order valence-electron chi connectivity index (χ0n) is 13.7. The van der Waals surface area contributed by atoms with E-state index >= 15 is 0 Å². The van der Waals surface area contributed by atoms with Gasteiger partial charge >= 0.3 is 0 Å². The average molecular weight is 295 g/mol. The van der Waals surface area contributed by atoms with Crippen LogP contribution in [0.4, 0.5) is 0 Å². The Morgan fingerprint density at radius 3 is 2.40 bits per heavy atom. The Kier molecular flexibility index (Phi) is 5.25. The van der Waals surface area contributed by atoms with Crippen molar-refractivity contribution in [3.63, 3.8) is 0 Å². The molecule has 1 atom stereocenters. The summed E-state index contributed by atoms with van der Waals surface area (Å²) in [6.07, 6.45) is 6.63. The van der Waals surface area contributed by atoms with Crippen molar-refractivity contribution in [1.29, 1.82) is 0 Å². The number of rotatable bonds is 4. The molecular formula is C17H30N2S. The predicted molar refractivity (Wildman–Crippen MR) is 88.3 cm³/mol. The maximum absolute atomic E-state index is 4.63. The van der Waals surface area contributed by atoms with Crippen LogP contribution in [-0.4, -0.2) is 18.1 Å². The van der Waals surface area contributed by atoms with Gasteiger partial charge in [-0.1, -0.05) is 20.8 Å². The van der Waals surface area contributed by atoms with Crippen molar-refractivity contribution >= 4 is 11.3 Å². The normalized spacial score (nSPS) is 25.6. The van der Waals surface area contributed by atoms with Gasteiger partial charge < -0.3 is 5.32 Å². The maximum Gasteiger partial charge on any atom is 0.0943 e. The number of nitrogens with one attached hydrogen (secondary N) is 1. The summed E-state index contributed by atoms with van der Waals surface area (Å²) in [4.78, 5) is 4.63. The van der Waals surface area contributed by atoms with Crippen LogP contribution in [0.15, 0.2) is 5.38 Å². The average Bonchev–Trinajstić information content (AvgIpc) is 2.81. The maximum atomic E-state index is 4.63. The highest BCUT2D eigenvalue weighted by molar-refractivity contribution is 7.09. The summed E-state index contributed by atoms with van der Waals surface area (Å²) in [5, 5.41) is 7.01. The zero-order valence-corrected chi connectivity index (χ0v) is 14.5. The van der Waals surface area contributed by atoms with E-state index in [0.717, 1.165) is 24.0 Å². The molecule has 1 N–H and O–H groups in total. The van der Waals surface area contributed by atoms with E-state index < -0.39 is 0 Å². The van der Waals surface area contributed by atoms with E-state index in [9.17, 15) is 0 Å². The Hall–Kier alpha value is -0.410. The Morgan fingerprint density at radius 2 is 1.95 bits per heavy atom. The molecule has 1 aliphatic rings. The lowest BCUT2D eigenvalue weighted by molar-refractivity contribution is 0.134. The highest BCUT2D eigenvalue weighted by Crippen LogP contribution is 2.41. The molecule has 114 valence electrons. The second-order valence-electron chi connectivity index (χ2n) is 7.46. The van der Waals surface area contributed by atoms with Gasteiger partial charge in [-0.3, -0.25) is 0 Å². The molecule has 1 saturated carbocycles. The van der Waals surface area contributed by atoms with E-state index in [2.05, 4.69) is 50.4 Å². The number of aromatic nitrogens is 1. The number of aryl methyl sites for hydroxylation is 1. The van der Waals surface area contributed by atoms with Crippen LogP contribution < -0.4 is 5.32 Å². The Balaban J connectivity index is 1.90. The van der Waals surface area contributed by atoms with Gasteiger partial charge in [0.2, 0.25) is 0 Å². The molecule has 2 nitrogen and oxygen atoms in total. The highest BCUT2D eigenvalue weighted by atomic mass is 32.1. The molecule has 0 bridgehead atoms. The summed E-state index contributed by atoms with van der Waals surface area (Å²) in [6, 6.07) is 0.599. The van der Waals surface area contributed by atoms with Gasteiger partial charge in [0.05, 0.1) is 5.01 Å². The molecule has 0 spiro atoms. The molecule has 20 heavy (non-hydrogen) atoms. The molecular weight excluding hydrogens is 264 g/mol. The van der Waals surface area contributed by atoms with Gasteiger partial charge in [0.1, 0.15) is 0 Å². The number of hydrogen-bond donors (Lipinski definition) is 1. The summed E-state index contributed by atoms with van der Waals surface area (Å²) in [6.45, 7) is 9.27. The van der Waals surface area contributed by atoms with Gasteiger partial charge in [-0.15, -0.1) is 11.3 Å². The van der Waals surface area contributed by atoms with Crippen molar-refractivity contribution < 1.29 is 0 Å². The van der Waals surface area contributed by atoms with Crippen molar-refractivity contribution in [2.75, 3.05) is 7.05 Å². The smallest absolute Gasteiger partial charge is 0.0943 e. The van der Waals surface area contributed by atoms with E-state index in [4.69, 9.17) is 0 Å². The molecule has 0 saturated heterocycles. The lowest BCUT2D eigenvalue weighted by Gasteiger charge is -2.39. The van der Waals surface area contributed by atoms with Gasteiger partial charge in [-0.05, 0) is 56.9 Å². The second kappa shape index (κ2) is 6.57. The second-order valence-corrected chi connectivity index (χ2v) is 8.40. The monoisotopic (exact) mass is 294 g/mol. The summed E-state index contributed by atoms with van der Waals surface area (Å²) in [5.41, 5.74) is 1.64. The third-order valence-corrected chi connectivity index (χ3v) is 5.99. The molecule has 0 aliphatic heterocycles. The van der Waals surface area contributed by atoms with Crippen LogP contribution in [0.25, 0.3) is 0 Å². The SMILES string of the molecule is CNC(Cc1nc(C)cs1)C1CCC(C(C)(C)C)CC1. The molecule has 1 aromatic rings. The molecule has 3 heteroatoms. The molecule has 0 aromatic carbocycles. The van der Waals surface area contributed by atoms with Crippen LogP contribution in [0, 0.1) is 24.2 Å². The minimum atomic E-state index is 0.479. The molecule has 0 radical (unpaired) electrons. The summed E-state index contributed by atoms with van der Waals surface area (Å²) < 4.78 is 0. The molecule has 1 aromatic heterocycles. The van der Waals surface area contributed by atoms with E-state index in [1.807, 2.05) is 11.3 Å². The minimum absolute atomic E-state index is 0.479. The minimum Gasteiger partial charge on any atom is -0.316 e. The van der Waals surface area contributed by atoms with Crippen LogP contribution >= 0.6 is 11.3 Å². The van der Waals surface area contributed by atoms with Crippen molar-refractivity contribution in [1.82, 2.24) is 10.3 Å². The largest absolute Gasteiger partial charge is 0.316 e. The molecule has 1 unspecified atom stereocenters. The van der Waals surface area contributed by atoms with Crippen LogP contribution in [0.5, 0.6) is 0 Å². The van der Waals surface area contributed by atoms with Crippen LogP contribution in [0.1, 0.15) is 57.2 Å². The summed E-state index contributed by atoms with van der Waals surface area (Å²) >= 11 is 1.81. The number of hydrogen-bond acceptors (Lipinski definition) is 3. The van der Waals surface area contributed by atoms with Gasteiger partial charge in [0, 0.05) is 23.5 Å². The Bertz CT molecular complexity index is 411. The first-order valence-electron chi connectivity index (χ1n) is 7.98. The molecule has 0 amide bonds. The number of likely N-dealkylation sites (N-methyl/N-ethyl adjacent to an activating group) is 1. The lowest BCUT2D eigenvalue weighted by atomic mass is 9.68. The lowest BCUT2D eigenvalue weighted by Crippen LogP contribution is -2.39.